The van der Waals surface area contributed by atoms with Gasteiger partial charge in [-0.2, -0.15) is 0 Å². The first-order valence-electron chi connectivity index (χ1n) is 9.61. The van der Waals surface area contributed by atoms with Gasteiger partial charge in [0.1, 0.15) is 11.9 Å². The normalized spacial score (nSPS) is 16.0. The van der Waals surface area contributed by atoms with Gasteiger partial charge in [0, 0.05) is 18.1 Å². The van der Waals surface area contributed by atoms with E-state index in [-0.39, 0.29) is 17.5 Å². The first kappa shape index (κ1) is 18.2. The molecule has 1 amide bonds. The van der Waals surface area contributed by atoms with Crippen LogP contribution in [0.3, 0.4) is 0 Å². The quantitative estimate of drug-likeness (QED) is 0.512. The molecule has 7 heteroatoms. The van der Waals surface area contributed by atoms with Gasteiger partial charge in [0.25, 0.3) is 5.69 Å². The molecule has 1 heterocycles. The number of H-pyrrole nitrogens is 1. The van der Waals surface area contributed by atoms with Crippen LogP contribution in [0.25, 0.3) is 11.0 Å². The Balaban J connectivity index is 1.68. The van der Waals surface area contributed by atoms with Gasteiger partial charge in [-0.1, -0.05) is 49.6 Å². The van der Waals surface area contributed by atoms with E-state index in [4.69, 9.17) is 0 Å². The summed E-state index contributed by atoms with van der Waals surface area (Å²) in [4.78, 5) is 31.2. The highest BCUT2D eigenvalue weighted by atomic mass is 16.6. The van der Waals surface area contributed by atoms with Crippen molar-refractivity contribution in [2.75, 3.05) is 0 Å². The molecule has 144 valence electrons. The zero-order chi connectivity index (χ0) is 19.5. The third-order valence-electron chi connectivity index (χ3n) is 5.36. The highest BCUT2D eigenvalue weighted by molar-refractivity contribution is 5.81. The van der Waals surface area contributed by atoms with Crippen molar-refractivity contribution in [3.8, 4) is 0 Å². The number of hydrogen-bond donors (Lipinski definition) is 2. The summed E-state index contributed by atoms with van der Waals surface area (Å²) in [5.74, 6) is 0.649. The van der Waals surface area contributed by atoms with E-state index in [1.807, 2.05) is 30.3 Å². The summed E-state index contributed by atoms with van der Waals surface area (Å²) in [6.45, 7) is 0. The minimum absolute atomic E-state index is 0.00482. The van der Waals surface area contributed by atoms with Crippen molar-refractivity contribution >= 4 is 22.6 Å². The van der Waals surface area contributed by atoms with E-state index in [1.54, 1.807) is 6.07 Å². The number of carbonyl (C=O) groups is 1. The molecule has 3 aromatic rings. The SMILES string of the molecule is O=C(NC(c1ccccc1)c1nc2ccc([N+](=O)[O-])cc2[nH]1)C1CCCCC1. The molecule has 7 nitrogen and oxygen atoms in total. The molecule has 0 bridgehead atoms. The Morgan fingerprint density at radius 2 is 1.89 bits per heavy atom. The molecule has 2 N–H and O–H groups in total. The zero-order valence-electron chi connectivity index (χ0n) is 15.4. The second-order valence-electron chi connectivity index (χ2n) is 7.27. The smallest absolute Gasteiger partial charge is 0.271 e. The van der Waals surface area contributed by atoms with E-state index in [2.05, 4.69) is 15.3 Å². The number of aromatic nitrogens is 2. The fourth-order valence-corrected chi connectivity index (χ4v) is 3.85. The minimum Gasteiger partial charge on any atom is -0.342 e. The number of imidazole rings is 1. The summed E-state index contributed by atoms with van der Waals surface area (Å²) in [5.41, 5.74) is 2.14. The third-order valence-corrected chi connectivity index (χ3v) is 5.36. The molecular formula is C21H22N4O3. The van der Waals surface area contributed by atoms with Crippen LogP contribution in [0.4, 0.5) is 5.69 Å². The van der Waals surface area contributed by atoms with Crippen LogP contribution in [0.1, 0.15) is 49.5 Å². The maximum Gasteiger partial charge on any atom is 0.271 e. The molecule has 1 aliphatic carbocycles. The summed E-state index contributed by atoms with van der Waals surface area (Å²) in [6, 6.07) is 13.8. The molecule has 1 atom stereocenters. The Morgan fingerprint density at radius 1 is 1.14 bits per heavy atom. The number of aromatic amines is 1. The summed E-state index contributed by atoms with van der Waals surface area (Å²) in [7, 11) is 0. The van der Waals surface area contributed by atoms with Gasteiger partial charge in [0.15, 0.2) is 0 Å². The lowest BCUT2D eigenvalue weighted by Gasteiger charge is -2.24. The average Bonchev–Trinajstić information content (AvgIpc) is 3.16. The molecule has 0 aliphatic heterocycles. The Kier molecular flexibility index (Phi) is 5.06. The first-order valence-corrected chi connectivity index (χ1v) is 9.61. The summed E-state index contributed by atoms with van der Waals surface area (Å²) >= 11 is 0. The van der Waals surface area contributed by atoms with Crippen LogP contribution >= 0.6 is 0 Å². The molecule has 1 fully saturated rings. The first-order chi connectivity index (χ1) is 13.6. The second-order valence-corrected chi connectivity index (χ2v) is 7.27. The van der Waals surface area contributed by atoms with Crippen LogP contribution in [0.5, 0.6) is 0 Å². The van der Waals surface area contributed by atoms with Gasteiger partial charge in [0.2, 0.25) is 5.91 Å². The lowest BCUT2D eigenvalue weighted by molar-refractivity contribution is -0.384. The number of amides is 1. The maximum absolute atomic E-state index is 12.9. The van der Waals surface area contributed by atoms with Crippen LogP contribution in [-0.4, -0.2) is 20.8 Å². The highest BCUT2D eigenvalue weighted by Crippen LogP contribution is 2.28. The fraction of sp³-hybridized carbons (Fsp3) is 0.333. The summed E-state index contributed by atoms with van der Waals surface area (Å²) < 4.78 is 0. The van der Waals surface area contributed by atoms with Crippen molar-refractivity contribution in [1.29, 1.82) is 0 Å². The van der Waals surface area contributed by atoms with Gasteiger partial charge in [0.05, 0.1) is 16.0 Å². The van der Waals surface area contributed by atoms with Crippen LogP contribution < -0.4 is 5.32 Å². The Labute approximate surface area is 162 Å². The Hall–Kier alpha value is -3.22. The monoisotopic (exact) mass is 378 g/mol. The zero-order valence-corrected chi connectivity index (χ0v) is 15.4. The van der Waals surface area contributed by atoms with Crippen molar-refractivity contribution in [2.45, 2.75) is 38.1 Å². The maximum atomic E-state index is 12.9. The Bertz CT molecular complexity index is 993. The summed E-state index contributed by atoms with van der Waals surface area (Å²) in [6.07, 6.45) is 5.19. The number of fused-ring (bicyclic) bond motifs is 1. The number of non-ortho nitro benzene ring substituents is 1. The van der Waals surface area contributed by atoms with E-state index in [9.17, 15) is 14.9 Å². The molecule has 0 saturated heterocycles. The van der Waals surface area contributed by atoms with Crippen LogP contribution in [0.15, 0.2) is 48.5 Å². The van der Waals surface area contributed by atoms with Gasteiger partial charge in [-0.15, -0.1) is 0 Å². The van der Waals surface area contributed by atoms with Crippen molar-refractivity contribution in [3.63, 3.8) is 0 Å². The number of benzene rings is 2. The van der Waals surface area contributed by atoms with Crippen LogP contribution in [0.2, 0.25) is 0 Å². The number of nitrogens with one attached hydrogen (secondary N) is 2. The highest BCUT2D eigenvalue weighted by Gasteiger charge is 2.26. The molecule has 0 spiro atoms. The molecule has 0 radical (unpaired) electrons. The van der Waals surface area contributed by atoms with Crippen molar-refractivity contribution in [1.82, 2.24) is 15.3 Å². The molecule has 1 aliphatic rings. The van der Waals surface area contributed by atoms with Crippen molar-refractivity contribution in [2.24, 2.45) is 5.92 Å². The van der Waals surface area contributed by atoms with E-state index < -0.39 is 11.0 Å². The number of nitro groups is 1. The van der Waals surface area contributed by atoms with E-state index in [1.165, 1.54) is 18.6 Å². The van der Waals surface area contributed by atoms with Crippen LogP contribution in [-0.2, 0) is 4.79 Å². The molecule has 1 aromatic heterocycles. The largest absolute Gasteiger partial charge is 0.342 e. The van der Waals surface area contributed by atoms with Gasteiger partial charge in [-0.3, -0.25) is 14.9 Å². The predicted molar refractivity (Wildman–Crippen MR) is 106 cm³/mol. The van der Waals surface area contributed by atoms with Crippen molar-refractivity contribution < 1.29 is 9.72 Å². The molecule has 28 heavy (non-hydrogen) atoms. The topological polar surface area (TPSA) is 101 Å². The third kappa shape index (κ3) is 3.74. The van der Waals surface area contributed by atoms with Gasteiger partial charge < -0.3 is 10.3 Å². The molecule has 4 rings (SSSR count). The second kappa shape index (κ2) is 7.80. The van der Waals surface area contributed by atoms with E-state index in [0.29, 0.717) is 16.9 Å². The average molecular weight is 378 g/mol. The molecule has 1 unspecified atom stereocenters. The lowest BCUT2D eigenvalue weighted by Crippen LogP contribution is -2.35. The number of hydrogen-bond acceptors (Lipinski definition) is 4. The van der Waals surface area contributed by atoms with Gasteiger partial charge >= 0.3 is 0 Å². The standard InChI is InChI=1S/C21H22N4O3/c26-21(15-9-5-2-6-10-15)24-19(14-7-3-1-4-8-14)20-22-17-12-11-16(25(27)28)13-18(17)23-20/h1,3-4,7-8,11-13,15,19H,2,5-6,9-10H2,(H,22,23)(H,24,26). The van der Waals surface area contributed by atoms with E-state index >= 15 is 0 Å². The number of nitrogens with zero attached hydrogens (tertiary/aromatic N) is 2. The van der Waals surface area contributed by atoms with E-state index in [0.717, 1.165) is 31.2 Å². The fourth-order valence-electron chi connectivity index (χ4n) is 3.85. The number of nitro benzene ring substituents is 1. The van der Waals surface area contributed by atoms with Crippen molar-refractivity contribution in [3.05, 3.63) is 70.0 Å². The number of carbonyl (C=O) groups excluding carboxylic acids is 1. The molecule has 2 aromatic carbocycles. The number of rotatable bonds is 5. The lowest BCUT2D eigenvalue weighted by atomic mass is 9.88. The minimum atomic E-state index is -0.431. The van der Waals surface area contributed by atoms with Gasteiger partial charge in [-0.05, 0) is 24.5 Å². The Morgan fingerprint density at radius 3 is 2.61 bits per heavy atom. The predicted octanol–water partition coefficient (Wildman–Crippen LogP) is 4.26. The van der Waals surface area contributed by atoms with Gasteiger partial charge in [-0.25, -0.2) is 4.98 Å². The molecular weight excluding hydrogens is 356 g/mol. The van der Waals surface area contributed by atoms with Crippen LogP contribution in [0, 0.1) is 16.0 Å². The molecule has 1 saturated carbocycles. The summed E-state index contributed by atoms with van der Waals surface area (Å²) in [5, 5.41) is 14.2.